The Kier molecular flexibility index (Phi) is 7.29. The van der Waals surface area contributed by atoms with Crippen LogP contribution in [0.5, 0.6) is 0 Å². The smallest absolute Gasteiger partial charge is 0.341 e. The van der Waals surface area contributed by atoms with Gasteiger partial charge < -0.3 is 10.1 Å². The number of aryl methyl sites for hydroxylation is 3. The van der Waals surface area contributed by atoms with E-state index in [1.807, 2.05) is 19.9 Å². The van der Waals surface area contributed by atoms with E-state index >= 15 is 0 Å². The molecule has 3 rings (SSSR count). The number of nitrogens with one attached hydrogen (secondary N) is 1. The second-order valence-corrected chi connectivity index (χ2v) is 11.1. The van der Waals surface area contributed by atoms with Crippen LogP contribution in [0, 0.1) is 13.8 Å². The first-order valence-corrected chi connectivity index (χ1v) is 13.4. The van der Waals surface area contributed by atoms with Gasteiger partial charge in [-0.2, -0.15) is 0 Å². The largest absolute Gasteiger partial charge is 0.462 e. The summed E-state index contributed by atoms with van der Waals surface area (Å²) in [6.45, 7) is 7.36. The first kappa shape index (κ1) is 24.3. The van der Waals surface area contributed by atoms with Crippen molar-refractivity contribution in [3.8, 4) is 0 Å². The molecule has 7 nitrogen and oxygen atoms in total. The quantitative estimate of drug-likeness (QED) is 0.602. The topological polar surface area (TPSA) is 92.8 Å². The first-order valence-electron chi connectivity index (χ1n) is 10.7. The molecular weight excluding hydrogens is 448 g/mol. The SMILES string of the molecule is CCOC(=O)c1c(NC(=O)[C@@H](C)N(c2ccc(C)c(C)c2)S(C)(=O)=O)sc2c1CCCC2. The number of thiophene rings is 1. The van der Waals surface area contributed by atoms with E-state index in [9.17, 15) is 18.0 Å². The number of carbonyl (C=O) groups excluding carboxylic acids is 2. The molecule has 1 aromatic carbocycles. The standard InChI is InChI=1S/C23H30N2O5S2/c1-6-30-23(27)20-18-9-7-8-10-19(18)31-22(20)24-21(26)16(4)25(32(5,28)29)17-12-11-14(2)15(3)13-17/h11-13,16H,6-10H2,1-5H3,(H,24,26)/t16-/m1/s1. The van der Waals surface area contributed by atoms with E-state index < -0.39 is 27.9 Å². The Morgan fingerprint density at radius 2 is 1.88 bits per heavy atom. The molecule has 1 aromatic heterocycles. The average Bonchev–Trinajstić information content (AvgIpc) is 3.07. The third kappa shape index (κ3) is 4.99. The summed E-state index contributed by atoms with van der Waals surface area (Å²) in [5, 5.41) is 3.26. The highest BCUT2D eigenvalue weighted by atomic mass is 32.2. The monoisotopic (exact) mass is 478 g/mol. The van der Waals surface area contributed by atoms with Crippen LogP contribution >= 0.6 is 11.3 Å². The first-order chi connectivity index (χ1) is 15.0. The van der Waals surface area contributed by atoms with Gasteiger partial charge in [-0.05, 0) is 82.2 Å². The molecule has 0 saturated heterocycles. The Hall–Kier alpha value is -2.39. The lowest BCUT2D eigenvalue weighted by atomic mass is 9.95. The van der Waals surface area contributed by atoms with Crippen molar-refractivity contribution in [2.24, 2.45) is 0 Å². The number of benzene rings is 1. The molecule has 0 bridgehead atoms. The van der Waals surface area contributed by atoms with Crippen molar-refractivity contribution in [1.82, 2.24) is 0 Å². The fourth-order valence-corrected chi connectivity index (χ4v) is 6.41. The van der Waals surface area contributed by atoms with Crippen LogP contribution in [0.3, 0.4) is 0 Å². The van der Waals surface area contributed by atoms with Crippen LogP contribution in [0.25, 0.3) is 0 Å². The third-order valence-corrected chi connectivity index (χ3v) is 8.17. The molecular formula is C23H30N2O5S2. The molecule has 0 radical (unpaired) electrons. The zero-order valence-corrected chi connectivity index (χ0v) is 20.8. The van der Waals surface area contributed by atoms with Crippen LogP contribution in [0.1, 0.15) is 58.6 Å². The van der Waals surface area contributed by atoms with Gasteiger partial charge in [-0.3, -0.25) is 9.10 Å². The zero-order valence-electron chi connectivity index (χ0n) is 19.1. The summed E-state index contributed by atoms with van der Waals surface area (Å²) < 4.78 is 31.6. The molecule has 0 saturated carbocycles. The number of hydrogen-bond acceptors (Lipinski definition) is 6. The summed E-state index contributed by atoms with van der Waals surface area (Å²) in [5.41, 5.74) is 3.73. The van der Waals surface area contributed by atoms with Gasteiger partial charge in [0.2, 0.25) is 15.9 Å². The van der Waals surface area contributed by atoms with Crippen molar-refractivity contribution in [2.75, 3.05) is 22.5 Å². The minimum absolute atomic E-state index is 0.238. The number of fused-ring (bicyclic) bond motifs is 1. The summed E-state index contributed by atoms with van der Waals surface area (Å²) in [4.78, 5) is 26.9. The van der Waals surface area contributed by atoms with E-state index in [0.717, 1.165) is 57.8 Å². The maximum absolute atomic E-state index is 13.2. The van der Waals surface area contributed by atoms with Crippen molar-refractivity contribution in [2.45, 2.75) is 59.4 Å². The number of rotatable bonds is 7. The molecule has 174 valence electrons. The normalized spacial score (nSPS) is 14.4. The van der Waals surface area contributed by atoms with Gasteiger partial charge in [0.15, 0.2) is 0 Å². The van der Waals surface area contributed by atoms with Gasteiger partial charge in [0.25, 0.3) is 0 Å². The number of ether oxygens (including phenoxy) is 1. The molecule has 0 fully saturated rings. The molecule has 1 amide bonds. The van der Waals surface area contributed by atoms with Crippen LogP contribution in [0.15, 0.2) is 18.2 Å². The van der Waals surface area contributed by atoms with Gasteiger partial charge in [0.1, 0.15) is 11.0 Å². The van der Waals surface area contributed by atoms with Crippen LogP contribution in [-0.2, 0) is 32.4 Å². The van der Waals surface area contributed by atoms with Gasteiger partial charge >= 0.3 is 5.97 Å². The minimum atomic E-state index is -3.74. The van der Waals surface area contributed by atoms with Gasteiger partial charge in [-0.25, -0.2) is 13.2 Å². The number of hydrogen-bond donors (Lipinski definition) is 1. The van der Waals surface area contributed by atoms with Crippen LogP contribution in [-0.4, -0.2) is 39.2 Å². The number of nitrogens with zero attached hydrogens (tertiary/aromatic N) is 1. The lowest BCUT2D eigenvalue weighted by Crippen LogP contribution is -2.45. The highest BCUT2D eigenvalue weighted by Gasteiger charge is 2.32. The number of esters is 1. The number of sulfonamides is 1. The minimum Gasteiger partial charge on any atom is -0.462 e. The zero-order chi connectivity index (χ0) is 23.6. The second kappa shape index (κ2) is 9.62. The highest BCUT2D eigenvalue weighted by Crippen LogP contribution is 2.39. The molecule has 0 aliphatic heterocycles. The number of amides is 1. The molecule has 9 heteroatoms. The van der Waals surface area contributed by atoms with E-state index in [1.54, 1.807) is 26.0 Å². The third-order valence-electron chi connectivity index (χ3n) is 5.72. The molecule has 2 aromatic rings. The van der Waals surface area contributed by atoms with Gasteiger partial charge in [-0.1, -0.05) is 6.07 Å². The molecule has 32 heavy (non-hydrogen) atoms. The molecule has 1 aliphatic rings. The Morgan fingerprint density at radius 1 is 1.19 bits per heavy atom. The summed E-state index contributed by atoms with van der Waals surface area (Å²) in [7, 11) is -3.74. The van der Waals surface area contributed by atoms with E-state index in [-0.39, 0.29) is 6.61 Å². The van der Waals surface area contributed by atoms with Crippen LogP contribution in [0.4, 0.5) is 10.7 Å². The lowest BCUT2D eigenvalue weighted by Gasteiger charge is -2.28. The fourth-order valence-electron chi connectivity index (χ4n) is 3.96. The van der Waals surface area contributed by atoms with Gasteiger partial charge in [0, 0.05) is 4.88 Å². The van der Waals surface area contributed by atoms with Gasteiger partial charge in [0.05, 0.1) is 24.1 Å². The average molecular weight is 479 g/mol. The maximum Gasteiger partial charge on any atom is 0.341 e. The summed E-state index contributed by atoms with van der Waals surface area (Å²) in [5.74, 6) is -0.957. The van der Waals surface area contributed by atoms with Crippen LogP contribution < -0.4 is 9.62 Å². The Bertz CT molecular complexity index is 1140. The predicted molar refractivity (Wildman–Crippen MR) is 128 cm³/mol. The fraction of sp³-hybridized carbons (Fsp3) is 0.478. The van der Waals surface area contributed by atoms with Crippen molar-refractivity contribution in [1.29, 1.82) is 0 Å². The predicted octanol–water partition coefficient (Wildman–Crippen LogP) is 4.21. The summed E-state index contributed by atoms with van der Waals surface area (Å²) in [6.07, 6.45) is 4.72. The van der Waals surface area contributed by atoms with Crippen molar-refractivity contribution in [3.05, 3.63) is 45.3 Å². The van der Waals surface area contributed by atoms with E-state index in [4.69, 9.17) is 4.74 Å². The van der Waals surface area contributed by atoms with Crippen molar-refractivity contribution >= 4 is 43.9 Å². The molecule has 1 aliphatic carbocycles. The molecule has 1 atom stereocenters. The lowest BCUT2D eigenvalue weighted by molar-refractivity contribution is -0.116. The van der Waals surface area contributed by atoms with Crippen molar-refractivity contribution < 1.29 is 22.7 Å². The Labute approximate surface area is 193 Å². The molecule has 1 N–H and O–H groups in total. The highest BCUT2D eigenvalue weighted by molar-refractivity contribution is 7.92. The number of anilines is 2. The van der Waals surface area contributed by atoms with Crippen LogP contribution in [0.2, 0.25) is 0 Å². The van der Waals surface area contributed by atoms with Gasteiger partial charge in [-0.15, -0.1) is 11.3 Å². The number of carbonyl (C=O) groups is 2. The Morgan fingerprint density at radius 3 is 2.50 bits per heavy atom. The summed E-state index contributed by atoms with van der Waals surface area (Å²) >= 11 is 1.38. The van der Waals surface area contributed by atoms with Crippen molar-refractivity contribution in [3.63, 3.8) is 0 Å². The Balaban J connectivity index is 1.95. The molecule has 1 heterocycles. The second-order valence-electron chi connectivity index (χ2n) is 8.13. The summed E-state index contributed by atoms with van der Waals surface area (Å²) in [6, 6.07) is 4.27. The van der Waals surface area contributed by atoms with E-state index in [0.29, 0.717) is 16.3 Å². The molecule has 0 unspecified atom stereocenters. The maximum atomic E-state index is 13.2. The molecule has 0 spiro atoms. The van der Waals surface area contributed by atoms with E-state index in [1.165, 1.54) is 11.3 Å². The van der Waals surface area contributed by atoms with E-state index in [2.05, 4.69) is 5.32 Å².